The van der Waals surface area contributed by atoms with Crippen LogP contribution in [0.25, 0.3) is 0 Å². The molecule has 0 saturated carbocycles. The van der Waals surface area contributed by atoms with Crippen molar-refractivity contribution in [3.8, 4) is 12.1 Å². The third-order valence-corrected chi connectivity index (χ3v) is 2.26. The van der Waals surface area contributed by atoms with Gasteiger partial charge in [0.1, 0.15) is 12.1 Å². The third kappa shape index (κ3) is 3.46. The van der Waals surface area contributed by atoms with Gasteiger partial charge in [-0.05, 0) is 18.2 Å². The molecule has 0 aliphatic heterocycles. The van der Waals surface area contributed by atoms with Crippen LogP contribution < -0.4 is 5.32 Å². The molecule has 5 nitrogen and oxygen atoms in total. The summed E-state index contributed by atoms with van der Waals surface area (Å²) in [7, 11) is 3.10. The van der Waals surface area contributed by atoms with E-state index in [1.165, 1.54) is 0 Å². The maximum Gasteiger partial charge on any atom is 0.173 e. The van der Waals surface area contributed by atoms with Crippen molar-refractivity contribution in [3.63, 3.8) is 0 Å². The fraction of sp³-hybridized carbons (Fsp3) is 0.333. The lowest BCUT2D eigenvalue weighted by atomic mass is 10.1. The van der Waals surface area contributed by atoms with Gasteiger partial charge in [0.2, 0.25) is 0 Å². The minimum absolute atomic E-state index is 0.351. The summed E-state index contributed by atoms with van der Waals surface area (Å²) in [5.41, 5.74) is 1.47. The number of hydrogen-bond acceptors (Lipinski definition) is 5. The van der Waals surface area contributed by atoms with E-state index < -0.39 is 0 Å². The molecule has 0 heterocycles. The molecule has 1 N–H and O–H groups in total. The number of nitrogens with one attached hydrogen (secondary N) is 1. The van der Waals surface area contributed by atoms with Crippen LogP contribution in [0.5, 0.6) is 0 Å². The van der Waals surface area contributed by atoms with Crippen molar-refractivity contribution in [1.82, 2.24) is 0 Å². The number of nitriles is 2. The molecule has 0 radical (unpaired) electrons. The van der Waals surface area contributed by atoms with Crippen molar-refractivity contribution in [3.05, 3.63) is 29.3 Å². The van der Waals surface area contributed by atoms with Crippen LogP contribution in [-0.2, 0) is 9.47 Å². The summed E-state index contributed by atoms with van der Waals surface area (Å²) in [6, 6.07) is 8.91. The first-order valence-electron chi connectivity index (χ1n) is 4.98. The van der Waals surface area contributed by atoms with Crippen LogP contribution >= 0.6 is 0 Å². The highest BCUT2D eigenvalue weighted by molar-refractivity contribution is 5.56. The number of rotatable bonds is 5. The van der Waals surface area contributed by atoms with Gasteiger partial charge in [0.25, 0.3) is 0 Å². The Balaban J connectivity index is 2.74. The zero-order valence-corrected chi connectivity index (χ0v) is 9.73. The van der Waals surface area contributed by atoms with E-state index in [0.717, 1.165) is 5.69 Å². The lowest BCUT2D eigenvalue weighted by molar-refractivity contribution is -0.0914. The average molecular weight is 231 g/mol. The second-order valence-electron chi connectivity index (χ2n) is 3.27. The third-order valence-electron chi connectivity index (χ3n) is 2.26. The molecule has 0 spiro atoms. The van der Waals surface area contributed by atoms with Crippen LogP contribution in [0.2, 0.25) is 0 Å². The summed E-state index contributed by atoms with van der Waals surface area (Å²) in [6.07, 6.45) is -0.351. The van der Waals surface area contributed by atoms with Crippen LogP contribution in [0.1, 0.15) is 11.1 Å². The molecule has 5 heteroatoms. The molecule has 1 aromatic rings. The minimum Gasteiger partial charge on any atom is -0.380 e. The predicted molar refractivity (Wildman–Crippen MR) is 62.2 cm³/mol. The van der Waals surface area contributed by atoms with E-state index in [1.807, 2.05) is 12.1 Å². The Morgan fingerprint density at radius 3 is 2.35 bits per heavy atom. The zero-order valence-electron chi connectivity index (χ0n) is 9.73. The fourth-order valence-corrected chi connectivity index (χ4v) is 1.31. The summed E-state index contributed by atoms with van der Waals surface area (Å²) < 4.78 is 10.0. The SMILES string of the molecule is COC(CNc1ccc(C#N)c(C#N)c1)OC. The second kappa shape index (κ2) is 6.49. The summed E-state index contributed by atoms with van der Waals surface area (Å²) in [4.78, 5) is 0. The van der Waals surface area contributed by atoms with E-state index in [0.29, 0.717) is 17.7 Å². The smallest absolute Gasteiger partial charge is 0.173 e. The number of methoxy groups -OCH3 is 2. The molecule has 0 amide bonds. The van der Waals surface area contributed by atoms with Crippen LogP contribution in [0.4, 0.5) is 5.69 Å². The fourth-order valence-electron chi connectivity index (χ4n) is 1.31. The number of hydrogen-bond donors (Lipinski definition) is 1. The Morgan fingerprint density at radius 2 is 1.82 bits per heavy atom. The topological polar surface area (TPSA) is 78.1 Å². The Morgan fingerprint density at radius 1 is 1.18 bits per heavy atom. The monoisotopic (exact) mass is 231 g/mol. The number of anilines is 1. The van der Waals surface area contributed by atoms with Crippen molar-refractivity contribution in [2.24, 2.45) is 0 Å². The largest absolute Gasteiger partial charge is 0.380 e. The molecular weight excluding hydrogens is 218 g/mol. The van der Waals surface area contributed by atoms with Crippen molar-refractivity contribution in [1.29, 1.82) is 10.5 Å². The molecule has 0 fully saturated rings. The van der Waals surface area contributed by atoms with Crippen LogP contribution in [0.3, 0.4) is 0 Å². The summed E-state index contributed by atoms with van der Waals surface area (Å²) in [6.45, 7) is 0.462. The Hall–Kier alpha value is -2.08. The molecular formula is C12H13N3O2. The highest BCUT2D eigenvalue weighted by Gasteiger charge is 2.06. The van der Waals surface area contributed by atoms with Gasteiger partial charge in [-0.3, -0.25) is 0 Å². The number of nitrogens with zero attached hydrogens (tertiary/aromatic N) is 2. The van der Waals surface area contributed by atoms with Crippen LogP contribution in [-0.4, -0.2) is 27.1 Å². The molecule has 0 saturated heterocycles. The predicted octanol–water partition coefficient (Wildman–Crippen LogP) is 1.46. The second-order valence-corrected chi connectivity index (χ2v) is 3.27. The van der Waals surface area contributed by atoms with Gasteiger partial charge in [0.05, 0.1) is 17.7 Å². The lowest BCUT2D eigenvalue weighted by Crippen LogP contribution is -2.23. The first-order valence-corrected chi connectivity index (χ1v) is 4.98. The van der Waals surface area contributed by atoms with E-state index in [2.05, 4.69) is 5.32 Å². The molecule has 0 aromatic heterocycles. The summed E-state index contributed by atoms with van der Waals surface area (Å²) in [5.74, 6) is 0. The van der Waals surface area contributed by atoms with Gasteiger partial charge in [-0.2, -0.15) is 10.5 Å². The van der Waals surface area contributed by atoms with Gasteiger partial charge in [0, 0.05) is 19.9 Å². The maximum absolute atomic E-state index is 8.87. The van der Waals surface area contributed by atoms with Gasteiger partial charge in [-0.15, -0.1) is 0 Å². The first kappa shape index (κ1) is 13.0. The lowest BCUT2D eigenvalue weighted by Gasteiger charge is -2.15. The first-order chi connectivity index (χ1) is 8.24. The summed E-state index contributed by atoms with van der Waals surface area (Å²) >= 11 is 0. The van der Waals surface area contributed by atoms with Crippen molar-refractivity contribution < 1.29 is 9.47 Å². The van der Waals surface area contributed by atoms with Crippen molar-refractivity contribution in [2.75, 3.05) is 26.1 Å². The van der Waals surface area contributed by atoms with Crippen LogP contribution in [0, 0.1) is 22.7 Å². The van der Waals surface area contributed by atoms with E-state index in [9.17, 15) is 0 Å². The van der Waals surface area contributed by atoms with Gasteiger partial charge >= 0.3 is 0 Å². The maximum atomic E-state index is 8.87. The van der Waals surface area contributed by atoms with E-state index in [4.69, 9.17) is 20.0 Å². The van der Waals surface area contributed by atoms with E-state index in [1.54, 1.807) is 32.4 Å². The molecule has 0 unspecified atom stereocenters. The Kier molecular flexibility index (Phi) is 4.96. The van der Waals surface area contributed by atoms with Crippen molar-refractivity contribution >= 4 is 5.69 Å². The molecule has 17 heavy (non-hydrogen) atoms. The molecule has 1 aromatic carbocycles. The Labute approximate surface area is 100 Å². The Bertz CT molecular complexity index is 456. The zero-order chi connectivity index (χ0) is 12.7. The molecule has 0 atom stereocenters. The summed E-state index contributed by atoms with van der Waals surface area (Å²) in [5, 5.41) is 20.7. The van der Waals surface area contributed by atoms with Gasteiger partial charge in [0.15, 0.2) is 6.29 Å². The van der Waals surface area contributed by atoms with Crippen LogP contribution in [0.15, 0.2) is 18.2 Å². The normalized spacial score (nSPS) is 9.71. The molecule has 0 bridgehead atoms. The standard InChI is InChI=1S/C12H13N3O2/c1-16-12(17-2)8-15-11-4-3-9(6-13)10(5-11)7-14/h3-5,12,15H,8H2,1-2H3. The highest BCUT2D eigenvalue weighted by atomic mass is 16.7. The minimum atomic E-state index is -0.351. The molecule has 0 aliphatic rings. The highest BCUT2D eigenvalue weighted by Crippen LogP contribution is 2.14. The van der Waals surface area contributed by atoms with E-state index >= 15 is 0 Å². The van der Waals surface area contributed by atoms with Gasteiger partial charge in [-0.1, -0.05) is 0 Å². The molecule has 0 aliphatic carbocycles. The molecule has 88 valence electrons. The quantitative estimate of drug-likeness (QED) is 0.776. The average Bonchev–Trinajstić information content (AvgIpc) is 2.39. The number of benzene rings is 1. The number of ether oxygens (including phenoxy) is 2. The molecule has 1 rings (SSSR count). The van der Waals surface area contributed by atoms with Crippen molar-refractivity contribution in [2.45, 2.75) is 6.29 Å². The van der Waals surface area contributed by atoms with Gasteiger partial charge in [-0.25, -0.2) is 0 Å². The van der Waals surface area contributed by atoms with Gasteiger partial charge < -0.3 is 14.8 Å². The van der Waals surface area contributed by atoms with E-state index in [-0.39, 0.29) is 6.29 Å².